The van der Waals surface area contributed by atoms with Gasteiger partial charge >= 0.3 is 0 Å². The quantitative estimate of drug-likeness (QED) is 0.648. The van der Waals surface area contributed by atoms with E-state index in [0.717, 1.165) is 28.7 Å². The Balaban J connectivity index is 2.15. The van der Waals surface area contributed by atoms with Crippen LogP contribution in [0.5, 0.6) is 0 Å². The van der Waals surface area contributed by atoms with Crippen molar-refractivity contribution < 1.29 is 0 Å². The molecule has 1 aromatic carbocycles. The molecular weight excluding hydrogens is 322 g/mol. The summed E-state index contributed by atoms with van der Waals surface area (Å²) in [6, 6.07) is 10.0. The van der Waals surface area contributed by atoms with Crippen LogP contribution in [0.25, 0.3) is 0 Å². The molecule has 0 spiro atoms. The van der Waals surface area contributed by atoms with Crippen molar-refractivity contribution in [3.63, 3.8) is 0 Å². The van der Waals surface area contributed by atoms with Crippen LogP contribution in [0.15, 0.2) is 40.2 Å². The number of nitrogen functional groups attached to an aromatic ring is 1. The number of amidine groups is 1. The number of hydrogen-bond donors (Lipinski definition) is 2. The number of rotatable bonds is 5. The molecule has 0 amide bonds. The summed E-state index contributed by atoms with van der Waals surface area (Å²) < 4.78 is 0.996. The van der Waals surface area contributed by atoms with Crippen LogP contribution in [-0.4, -0.2) is 19.4 Å². The average Bonchev–Trinajstić information content (AvgIpc) is 2.88. The van der Waals surface area contributed by atoms with E-state index in [-0.39, 0.29) is 5.84 Å². The lowest BCUT2D eigenvalue weighted by Gasteiger charge is -2.22. The van der Waals surface area contributed by atoms with Crippen molar-refractivity contribution in [2.45, 2.75) is 6.42 Å². The van der Waals surface area contributed by atoms with Crippen molar-refractivity contribution >= 4 is 38.8 Å². The first-order valence-corrected chi connectivity index (χ1v) is 7.62. The van der Waals surface area contributed by atoms with Crippen LogP contribution in [-0.2, 0) is 6.42 Å². The highest BCUT2D eigenvalue weighted by Gasteiger charge is 2.10. The molecule has 0 saturated carbocycles. The van der Waals surface area contributed by atoms with E-state index in [1.807, 2.05) is 25.2 Å². The molecule has 0 fully saturated rings. The van der Waals surface area contributed by atoms with E-state index in [9.17, 15) is 0 Å². The fraction of sp³-hybridized carbons (Fsp3) is 0.214. The van der Waals surface area contributed by atoms with Crippen LogP contribution in [0.4, 0.5) is 5.69 Å². The standard InChI is InChI=1S/C14H16BrN3S/c1-18(7-6-11-3-2-8-19-11)13-9-10(15)4-5-12(13)14(16)17/h2-5,8-9H,6-7H2,1H3,(H3,16,17). The van der Waals surface area contributed by atoms with Gasteiger partial charge in [-0.2, -0.15) is 0 Å². The third-order valence-corrected chi connectivity index (χ3v) is 4.36. The van der Waals surface area contributed by atoms with E-state index in [1.165, 1.54) is 4.88 Å². The number of likely N-dealkylation sites (N-methyl/N-ethyl adjacent to an activating group) is 1. The second-order valence-corrected chi connectivity index (χ2v) is 6.27. The summed E-state index contributed by atoms with van der Waals surface area (Å²) in [5.74, 6) is 0.102. The smallest absolute Gasteiger partial charge is 0.124 e. The second-order valence-electron chi connectivity index (χ2n) is 4.33. The van der Waals surface area contributed by atoms with Crippen LogP contribution < -0.4 is 10.6 Å². The minimum absolute atomic E-state index is 0.102. The zero-order valence-electron chi connectivity index (χ0n) is 10.7. The SMILES string of the molecule is CN(CCc1cccs1)c1cc(Br)ccc1C(=N)N. The maximum atomic E-state index is 7.65. The predicted molar refractivity (Wildman–Crippen MR) is 86.5 cm³/mol. The Labute approximate surface area is 125 Å². The Bertz CT molecular complexity index is 566. The second kappa shape index (κ2) is 6.21. The minimum atomic E-state index is 0.102. The van der Waals surface area contributed by atoms with Crippen LogP contribution in [0, 0.1) is 5.41 Å². The molecule has 0 atom stereocenters. The molecule has 1 heterocycles. The van der Waals surface area contributed by atoms with Crippen molar-refractivity contribution in [2.24, 2.45) is 5.73 Å². The third kappa shape index (κ3) is 3.58. The number of benzene rings is 1. The molecule has 0 aliphatic heterocycles. The van der Waals surface area contributed by atoms with Crippen molar-refractivity contribution in [2.75, 3.05) is 18.5 Å². The van der Waals surface area contributed by atoms with Crippen molar-refractivity contribution in [1.29, 1.82) is 5.41 Å². The van der Waals surface area contributed by atoms with Crippen LogP contribution in [0.3, 0.4) is 0 Å². The summed E-state index contributed by atoms with van der Waals surface area (Å²) in [6.45, 7) is 0.900. The highest BCUT2D eigenvalue weighted by atomic mass is 79.9. The van der Waals surface area contributed by atoms with Crippen LogP contribution in [0.1, 0.15) is 10.4 Å². The number of nitrogens with one attached hydrogen (secondary N) is 1. The molecule has 0 unspecified atom stereocenters. The highest BCUT2D eigenvalue weighted by Crippen LogP contribution is 2.24. The topological polar surface area (TPSA) is 53.1 Å². The van der Waals surface area contributed by atoms with Gasteiger partial charge in [0.15, 0.2) is 0 Å². The van der Waals surface area contributed by atoms with Gasteiger partial charge in [-0.3, -0.25) is 5.41 Å². The van der Waals surface area contributed by atoms with E-state index >= 15 is 0 Å². The van der Waals surface area contributed by atoms with E-state index in [1.54, 1.807) is 11.3 Å². The lowest BCUT2D eigenvalue weighted by Crippen LogP contribution is -2.24. The summed E-state index contributed by atoms with van der Waals surface area (Å²) in [5.41, 5.74) is 7.40. The summed E-state index contributed by atoms with van der Waals surface area (Å²) in [6.07, 6.45) is 0.998. The van der Waals surface area contributed by atoms with Crippen molar-refractivity contribution in [1.82, 2.24) is 0 Å². The van der Waals surface area contributed by atoms with Gasteiger partial charge < -0.3 is 10.6 Å². The van der Waals surface area contributed by atoms with Gasteiger partial charge in [0.1, 0.15) is 5.84 Å². The van der Waals surface area contributed by atoms with Gasteiger partial charge in [0, 0.05) is 34.2 Å². The normalized spacial score (nSPS) is 10.4. The lowest BCUT2D eigenvalue weighted by molar-refractivity contribution is 0.886. The van der Waals surface area contributed by atoms with Crippen molar-refractivity contribution in [3.8, 4) is 0 Å². The van der Waals surface area contributed by atoms with Crippen molar-refractivity contribution in [3.05, 3.63) is 50.6 Å². The molecule has 5 heteroatoms. The van der Waals surface area contributed by atoms with Gasteiger partial charge in [-0.15, -0.1) is 11.3 Å². The highest BCUT2D eigenvalue weighted by molar-refractivity contribution is 9.10. The molecule has 3 N–H and O–H groups in total. The van der Waals surface area contributed by atoms with Gasteiger partial charge in [-0.05, 0) is 36.1 Å². The molecule has 2 rings (SSSR count). The number of hydrogen-bond acceptors (Lipinski definition) is 3. The average molecular weight is 338 g/mol. The first-order valence-electron chi connectivity index (χ1n) is 5.95. The fourth-order valence-electron chi connectivity index (χ4n) is 1.90. The third-order valence-electron chi connectivity index (χ3n) is 2.93. The van der Waals surface area contributed by atoms with E-state index in [4.69, 9.17) is 11.1 Å². The monoisotopic (exact) mass is 337 g/mol. The molecule has 0 bridgehead atoms. The van der Waals surface area contributed by atoms with E-state index in [0.29, 0.717) is 0 Å². The number of anilines is 1. The Morgan fingerprint density at radius 2 is 2.21 bits per heavy atom. The first-order chi connectivity index (χ1) is 9.08. The largest absolute Gasteiger partial charge is 0.384 e. The summed E-state index contributed by atoms with van der Waals surface area (Å²) in [7, 11) is 2.03. The van der Waals surface area contributed by atoms with Crippen LogP contribution >= 0.6 is 27.3 Å². The molecular formula is C14H16BrN3S. The molecule has 2 aromatic rings. The predicted octanol–water partition coefficient (Wildman–Crippen LogP) is 3.47. The zero-order chi connectivity index (χ0) is 13.8. The Morgan fingerprint density at radius 1 is 1.42 bits per heavy atom. The van der Waals surface area contributed by atoms with Gasteiger partial charge in [0.05, 0.1) is 0 Å². The molecule has 3 nitrogen and oxygen atoms in total. The maximum absolute atomic E-state index is 7.65. The molecule has 0 radical (unpaired) electrons. The fourth-order valence-corrected chi connectivity index (χ4v) is 2.95. The van der Waals surface area contributed by atoms with Gasteiger partial charge in [0.2, 0.25) is 0 Å². The Kier molecular flexibility index (Phi) is 4.61. The molecule has 100 valence electrons. The summed E-state index contributed by atoms with van der Waals surface area (Å²) in [5, 5.41) is 9.74. The number of halogens is 1. The number of nitrogens with two attached hydrogens (primary N) is 1. The molecule has 0 aliphatic rings. The molecule has 0 saturated heterocycles. The Hall–Kier alpha value is -1.33. The van der Waals surface area contributed by atoms with Gasteiger partial charge in [-0.25, -0.2) is 0 Å². The number of nitrogens with zero attached hydrogens (tertiary/aromatic N) is 1. The summed E-state index contributed by atoms with van der Waals surface area (Å²) in [4.78, 5) is 3.51. The zero-order valence-corrected chi connectivity index (χ0v) is 13.1. The minimum Gasteiger partial charge on any atom is -0.384 e. The first kappa shape index (κ1) is 14.1. The van der Waals surface area contributed by atoms with Gasteiger partial charge in [-0.1, -0.05) is 22.0 Å². The van der Waals surface area contributed by atoms with Gasteiger partial charge in [0.25, 0.3) is 0 Å². The maximum Gasteiger partial charge on any atom is 0.124 e. The molecule has 0 aliphatic carbocycles. The Morgan fingerprint density at radius 3 is 2.84 bits per heavy atom. The van der Waals surface area contributed by atoms with E-state index in [2.05, 4.69) is 38.3 Å². The summed E-state index contributed by atoms with van der Waals surface area (Å²) >= 11 is 5.24. The van der Waals surface area contributed by atoms with E-state index < -0.39 is 0 Å². The lowest BCUT2D eigenvalue weighted by atomic mass is 10.1. The van der Waals surface area contributed by atoms with Crippen LogP contribution in [0.2, 0.25) is 0 Å². The molecule has 19 heavy (non-hydrogen) atoms. The number of thiophene rings is 1. The molecule has 1 aromatic heterocycles.